The molecule has 3 aromatic heterocycles. The summed E-state index contributed by atoms with van der Waals surface area (Å²) in [6, 6.07) is 3.13. The van der Waals surface area contributed by atoms with E-state index >= 15 is 0 Å². The third-order valence-electron chi connectivity index (χ3n) is 4.06. The number of amides is 1. The van der Waals surface area contributed by atoms with E-state index in [1.807, 2.05) is 6.92 Å². The number of nitrogens with one attached hydrogen (secondary N) is 2. The fraction of sp³-hybridized carbons (Fsp3) is 0.353. The average molecular weight is 486 g/mol. The minimum atomic E-state index is -3.44. The summed E-state index contributed by atoms with van der Waals surface area (Å²) in [6.07, 6.45) is -0.352. The van der Waals surface area contributed by atoms with Crippen molar-refractivity contribution in [1.29, 1.82) is 0 Å². The Labute approximate surface area is 187 Å². The Morgan fingerprint density at radius 3 is 2.58 bits per heavy atom. The van der Waals surface area contributed by atoms with Crippen molar-refractivity contribution in [2.75, 3.05) is 16.3 Å². The number of aromatic nitrogens is 5. The Morgan fingerprint density at radius 1 is 1.29 bits per heavy atom. The molecular formula is C17H20ClN7O4S2. The molecule has 0 fully saturated rings. The molecule has 3 heterocycles. The van der Waals surface area contributed by atoms with Gasteiger partial charge in [0.1, 0.15) is 16.1 Å². The normalized spacial score (nSPS) is 12.5. The van der Waals surface area contributed by atoms with Crippen LogP contribution in [0.25, 0.3) is 11.4 Å². The number of rotatable bonds is 6. The van der Waals surface area contributed by atoms with Crippen LogP contribution in [-0.2, 0) is 21.8 Å². The topological polar surface area (TPSA) is 141 Å². The van der Waals surface area contributed by atoms with Crippen LogP contribution in [-0.4, -0.2) is 45.7 Å². The van der Waals surface area contributed by atoms with Crippen LogP contribution in [0, 0.1) is 13.8 Å². The number of carbonyl (C=O) groups is 1. The van der Waals surface area contributed by atoms with Gasteiger partial charge < -0.3 is 4.74 Å². The lowest BCUT2D eigenvalue weighted by Gasteiger charge is -2.13. The number of ether oxygens (including phenoxy) is 1. The molecule has 0 bridgehead atoms. The van der Waals surface area contributed by atoms with Crippen LogP contribution in [0.15, 0.2) is 12.1 Å². The molecule has 1 amide bonds. The summed E-state index contributed by atoms with van der Waals surface area (Å²) in [5.41, 5.74) is 1.95. The Morgan fingerprint density at radius 2 is 2.00 bits per heavy atom. The highest BCUT2D eigenvalue weighted by molar-refractivity contribution is 7.92. The van der Waals surface area contributed by atoms with Crippen molar-refractivity contribution in [3.05, 3.63) is 32.9 Å². The van der Waals surface area contributed by atoms with Gasteiger partial charge in [-0.1, -0.05) is 16.8 Å². The lowest BCUT2D eigenvalue weighted by Crippen LogP contribution is -2.18. The van der Waals surface area contributed by atoms with Gasteiger partial charge in [-0.25, -0.2) is 27.9 Å². The highest BCUT2D eigenvalue weighted by Gasteiger charge is 2.22. The van der Waals surface area contributed by atoms with Crippen LogP contribution in [0.3, 0.4) is 0 Å². The number of halogens is 1. The van der Waals surface area contributed by atoms with E-state index in [0.29, 0.717) is 32.8 Å². The number of hydrogen-bond donors (Lipinski definition) is 2. The lowest BCUT2D eigenvalue weighted by molar-refractivity contribution is 0.119. The minimum Gasteiger partial charge on any atom is -0.440 e. The summed E-state index contributed by atoms with van der Waals surface area (Å²) in [6.45, 7) is 5.13. The van der Waals surface area contributed by atoms with Crippen LogP contribution < -0.4 is 10.0 Å². The van der Waals surface area contributed by atoms with Crippen molar-refractivity contribution < 1.29 is 17.9 Å². The van der Waals surface area contributed by atoms with Crippen molar-refractivity contribution in [2.45, 2.75) is 26.9 Å². The second kappa shape index (κ2) is 8.77. The Kier molecular flexibility index (Phi) is 6.48. The van der Waals surface area contributed by atoms with Crippen molar-refractivity contribution in [1.82, 2.24) is 25.0 Å². The third-order valence-corrected chi connectivity index (χ3v) is 5.85. The van der Waals surface area contributed by atoms with Gasteiger partial charge in [0.05, 0.1) is 28.3 Å². The molecule has 1 unspecified atom stereocenters. The zero-order chi connectivity index (χ0) is 22.9. The molecule has 0 saturated carbocycles. The predicted octanol–water partition coefficient (Wildman–Crippen LogP) is 3.29. The van der Waals surface area contributed by atoms with Crippen LogP contribution in [0.2, 0.25) is 4.34 Å². The van der Waals surface area contributed by atoms with E-state index in [2.05, 4.69) is 30.3 Å². The Hall–Kier alpha value is -2.77. The Balaban J connectivity index is 1.80. The van der Waals surface area contributed by atoms with Gasteiger partial charge in [-0.2, -0.15) is 0 Å². The largest absolute Gasteiger partial charge is 0.440 e. The second-order valence-corrected chi connectivity index (χ2v) is 10.2. The second-order valence-electron chi connectivity index (χ2n) is 6.68. The number of pyridine rings is 1. The zero-order valence-corrected chi connectivity index (χ0v) is 19.7. The molecule has 0 saturated heterocycles. The quantitative estimate of drug-likeness (QED) is 0.541. The summed E-state index contributed by atoms with van der Waals surface area (Å²) in [5, 5.41) is 11.4. The number of carbonyl (C=O) groups excluding carboxylic acids is 1. The van der Waals surface area contributed by atoms with E-state index in [9.17, 15) is 13.2 Å². The summed E-state index contributed by atoms with van der Waals surface area (Å²) < 4.78 is 32.5. The standard InChI is InChI=1S/C17H20ClN7O4S2/c1-8-11(23-31(5,27)28)6-7-12(19-8)14-16(25(4)24-22-14)21-17(26)29-9(2)13-15(18)30-10(3)20-13/h6-7,9,23H,1-5H3,(H,21,26). The molecule has 166 valence electrons. The summed E-state index contributed by atoms with van der Waals surface area (Å²) in [5.74, 6) is 0.258. The highest BCUT2D eigenvalue weighted by Crippen LogP contribution is 2.31. The van der Waals surface area contributed by atoms with Gasteiger partial charge >= 0.3 is 6.09 Å². The minimum absolute atomic E-state index is 0.258. The number of hydrogen-bond acceptors (Lipinski definition) is 9. The zero-order valence-electron chi connectivity index (χ0n) is 17.3. The van der Waals surface area contributed by atoms with E-state index in [-0.39, 0.29) is 5.82 Å². The molecule has 3 rings (SSSR count). The lowest BCUT2D eigenvalue weighted by atomic mass is 10.2. The first kappa shape index (κ1) is 22.9. The van der Waals surface area contributed by atoms with Gasteiger partial charge in [-0.05, 0) is 32.9 Å². The van der Waals surface area contributed by atoms with E-state index in [1.165, 1.54) is 16.0 Å². The van der Waals surface area contributed by atoms with Gasteiger partial charge in [-0.3, -0.25) is 10.0 Å². The fourth-order valence-electron chi connectivity index (χ4n) is 2.68. The molecule has 3 aromatic rings. The fourth-order valence-corrected chi connectivity index (χ4v) is 4.55. The maximum Gasteiger partial charge on any atom is 0.413 e. The van der Waals surface area contributed by atoms with Gasteiger partial charge in [0.15, 0.2) is 11.5 Å². The predicted molar refractivity (Wildman–Crippen MR) is 118 cm³/mol. The van der Waals surface area contributed by atoms with E-state index in [4.69, 9.17) is 16.3 Å². The molecule has 1 atom stereocenters. The van der Waals surface area contributed by atoms with Gasteiger partial charge in [0.2, 0.25) is 10.0 Å². The third kappa shape index (κ3) is 5.48. The van der Waals surface area contributed by atoms with E-state index < -0.39 is 22.2 Å². The van der Waals surface area contributed by atoms with Gasteiger partial charge in [0.25, 0.3) is 0 Å². The average Bonchev–Trinajstić information content (AvgIpc) is 3.17. The van der Waals surface area contributed by atoms with Crippen molar-refractivity contribution >= 4 is 50.6 Å². The Bertz CT molecular complexity index is 1240. The molecule has 31 heavy (non-hydrogen) atoms. The molecule has 0 aromatic carbocycles. The van der Waals surface area contributed by atoms with Gasteiger partial charge in [-0.15, -0.1) is 16.4 Å². The number of sulfonamides is 1. The molecule has 0 spiro atoms. The summed E-state index contributed by atoms with van der Waals surface area (Å²) in [7, 11) is -1.84. The molecule has 0 aliphatic rings. The number of thiazole rings is 1. The van der Waals surface area contributed by atoms with Crippen molar-refractivity contribution in [3.8, 4) is 11.4 Å². The molecule has 2 N–H and O–H groups in total. The smallest absolute Gasteiger partial charge is 0.413 e. The van der Waals surface area contributed by atoms with E-state index in [1.54, 1.807) is 33.0 Å². The number of nitrogens with zero attached hydrogens (tertiary/aromatic N) is 5. The summed E-state index contributed by atoms with van der Waals surface area (Å²) >= 11 is 7.44. The van der Waals surface area contributed by atoms with Gasteiger partial charge in [0, 0.05) is 7.05 Å². The molecule has 11 nitrogen and oxygen atoms in total. The molecule has 0 radical (unpaired) electrons. The first-order chi connectivity index (χ1) is 14.4. The maximum atomic E-state index is 12.5. The summed E-state index contributed by atoms with van der Waals surface area (Å²) in [4.78, 5) is 21.1. The molecular weight excluding hydrogens is 466 g/mol. The van der Waals surface area contributed by atoms with Crippen LogP contribution in [0.4, 0.5) is 16.3 Å². The van der Waals surface area contributed by atoms with Crippen molar-refractivity contribution in [2.24, 2.45) is 7.05 Å². The highest BCUT2D eigenvalue weighted by atomic mass is 35.5. The number of anilines is 2. The van der Waals surface area contributed by atoms with Crippen molar-refractivity contribution in [3.63, 3.8) is 0 Å². The van der Waals surface area contributed by atoms with Crippen LogP contribution >= 0.6 is 22.9 Å². The monoisotopic (exact) mass is 485 g/mol. The molecule has 14 heteroatoms. The SMILES string of the molecule is Cc1nc(C(C)OC(=O)Nc2c(-c3ccc(NS(C)(=O)=O)c(C)n3)nnn2C)c(Cl)s1. The maximum absolute atomic E-state index is 12.5. The van der Waals surface area contributed by atoms with E-state index in [0.717, 1.165) is 11.3 Å². The molecule has 0 aliphatic heterocycles. The number of aryl methyl sites for hydroxylation is 3. The van der Waals surface area contributed by atoms with Crippen LogP contribution in [0.1, 0.15) is 29.4 Å². The first-order valence-corrected chi connectivity index (χ1v) is 12.0. The van der Waals surface area contributed by atoms with Crippen LogP contribution in [0.5, 0.6) is 0 Å². The first-order valence-electron chi connectivity index (χ1n) is 8.90. The molecule has 0 aliphatic carbocycles.